The van der Waals surface area contributed by atoms with Gasteiger partial charge in [0, 0.05) is 12.6 Å². The highest BCUT2D eigenvalue weighted by Gasteiger charge is 2.26. The van der Waals surface area contributed by atoms with Crippen molar-refractivity contribution in [3.8, 4) is 0 Å². The monoisotopic (exact) mass is 284 g/mol. The van der Waals surface area contributed by atoms with Crippen molar-refractivity contribution in [2.24, 2.45) is 0 Å². The molecule has 19 heavy (non-hydrogen) atoms. The largest absolute Gasteiger partial charge is 0.344 e. The van der Waals surface area contributed by atoms with Crippen LogP contribution in [0.15, 0.2) is 29.2 Å². The predicted molar refractivity (Wildman–Crippen MR) is 71.2 cm³/mol. The van der Waals surface area contributed by atoms with E-state index in [1.54, 1.807) is 12.1 Å². The molecule has 6 nitrogen and oxygen atoms in total. The fourth-order valence-corrected chi connectivity index (χ4v) is 3.50. The summed E-state index contributed by atoms with van der Waals surface area (Å²) in [5, 5.41) is 4.71. The fourth-order valence-electron chi connectivity index (χ4n) is 2.03. The summed E-state index contributed by atoms with van der Waals surface area (Å²) in [6.45, 7) is 4.08. The topological polar surface area (TPSA) is 83.1 Å². The van der Waals surface area contributed by atoms with Gasteiger partial charge in [-0.3, -0.25) is 4.79 Å². The number of anilines is 1. The number of quaternary nitrogens is 1. The summed E-state index contributed by atoms with van der Waals surface area (Å²) in [6.07, 6.45) is 0. The van der Waals surface area contributed by atoms with E-state index in [2.05, 4.69) is 10.6 Å². The average Bonchev–Trinajstić information content (AvgIpc) is 2.40. The first-order valence-corrected chi connectivity index (χ1v) is 7.63. The molecule has 7 heteroatoms. The summed E-state index contributed by atoms with van der Waals surface area (Å²) in [4.78, 5) is 11.2. The number of hydrogen-bond acceptors (Lipinski definition) is 3. The van der Waals surface area contributed by atoms with Gasteiger partial charge in [0.2, 0.25) is 15.9 Å². The van der Waals surface area contributed by atoms with Crippen molar-refractivity contribution < 1.29 is 18.5 Å². The van der Waals surface area contributed by atoms with E-state index in [1.165, 1.54) is 23.4 Å². The first-order valence-electron chi connectivity index (χ1n) is 6.19. The molecule has 0 radical (unpaired) electrons. The lowest BCUT2D eigenvalue weighted by Gasteiger charge is -2.24. The molecule has 0 aromatic heterocycles. The summed E-state index contributed by atoms with van der Waals surface area (Å²) < 4.78 is 26.2. The second kappa shape index (κ2) is 5.68. The molecule has 0 atom stereocenters. The van der Waals surface area contributed by atoms with Crippen molar-refractivity contribution in [3.63, 3.8) is 0 Å². The number of nitrogens with one attached hydrogen (secondary N) is 1. The van der Waals surface area contributed by atoms with Crippen LogP contribution in [0.4, 0.5) is 5.69 Å². The first kappa shape index (κ1) is 14.0. The second-order valence-electron chi connectivity index (χ2n) is 4.48. The molecular weight excluding hydrogens is 266 g/mol. The molecule has 1 aliphatic rings. The van der Waals surface area contributed by atoms with Crippen LogP contribution < -0.4 is 10.6 Å². The van der Waals surface area contributed by atoms with Crippen LogP contribution in [0.25, 0.3) is 0 Å². The number of carbonyl (C=O) groups is 1. The average molecular weight is 284 g/mol. The smallest absolute Gasteiger partial charge is 0.243 e. The molecule has 1 saturated heterocycles. The molecule has 1 heterocycles. The van der Waals surface area contributed by atoms with Gasteiger partial charge in [-0.15, -0.1) is 0 Å². The molecule has 0 spiro atoms. The first-order chi connectivity index (χ1) is 9.00. The number of benzene rings is 1. The van der Waals surface area contributed by atoms with E-state index in [9.17, 15) is 13.2 Å². The van der Waals surface area contributed by atoms with Crippen LogP contribution in [0, 0.1) is 0 Å². The number of amides is 1. The number of hydrogen-bond donors (Lipinski definition) is 2. The zero-order chi connectivity index (χ0) is 13.9. The lowest BCUT2D eigenvalue weighted by molar-refractivity contribution is -0.661. The molecule has 1 aromatic rings. The highest BCUT2D eigenvalue weighted by atomic mass is 32.2. The highest BCUT2D eigenvalue weighted by Crippen LogP contribution is 2.18. The minimum absolute atomic E-state index is 0.179. The van der Waals surface area contributed by atoms with Gasteiger partial charge in [0.15, 0.2) is 0 Å². The van der Waals surface area contributed by atoms with E-state index in [0.29, 0.717) is 18.8 Å². The van der Waals surface area contributed by atoms with Gasteiger partial charge in [0.05, 0.1) is 31.1 Å². The van der Waals surface area contributed by atoms with Crippen LogP contribution in [0.2, 0.25) is 0 Å². The third kappa shape index (κ3) is 3.31. The van der Waals surface area contributed by atoms with Gasteiger partial charge in [-0.2, -0.15) is 4.31 Å². The molecule has 0 unspecified atom stereocenters. The SMILES string of the molecule is CC(=O)Nc1ccc(S(=O)(=O)N2CC[NH2+]CC2)cc1. The van der Waals surface area contributed by atoms with Crippen molar-refractivity contribution in [1.29, 1.82) is 0 Å². The Hall–Kier alpha value is -1.44. The Labute approximate surface area is 112 Å². The van der Waals surface area contributed by atoms with Crippen LogP contribution in [0.3, 0.4) is 0 Å². The van der Waals surface area contributed by atoms with Gasteiger partial charge in [-0.25, -0.2) is 8.42 Å². The molecule has 1 amide bonds. The fraction of sp³-hybridized carbons (Fsp3) is 0.417. The number of nitrogens with zero attached hydrogens (tertiary/aromatic N) is 1. The number of carbonyl (C=O) groups excluding carboxylic acids is 1. The molecule has 1 aromatic carbocycles. The number of rotatable bonds is 3. The van der Waals surface area contributed by atoms with Crippen LogP contribution in [-0.4, -0.2) is 44.8 Å². The van der Waals surface area contributed by atoms with Crippen molar-refractivity contribution in [2.45, 2.75) is 11.8 Å². The second-order valence-corrected chi connectivity index (χ2v) is 6.41. The molecular formula is C12H18N3O3S+. The highest BCUT2D eigenvalue weighted by molar-refractivity contribution is 7.89. The van der Waals surface area contributed by atoms with Gasteiger partial charge < -0.3 is 10.6 Å². The Bertz CT molecular complexity index is 548. The summed E-state index contributed by atoms with van der Waals surface area (Å²) >= 11 is 0. The summed E-state index contributed by atoms with van der Waals surface area (Å²) in [6, 6.07) is 6.26. The van der Waals surface area contributed by atoms with E-state index in [4.69, 9.17) is 0 Å². The molecule has 2 rings (SSSR count). The maximum Gasteiger partial charge on any atom is 0.243 e. The molecule has 1 fully saturated rings. The zero-order valence-corrected chi connectivity index (χ0v) is 11.6. The summed E-state index contributed by atoms with van der Waals surface area (Å²) in [5.41, 5.74) is 0.596. The Morgan fingerprint density at radius 3 is 2.32 bits per heavy atom. The molecule has 3 N–H and O–H groups in total. The summed E-state index contributed by atoms with van der Waals surface area (Å²) in [7, 11) is -3.41. The predicted octanol–water partition coefficient (Wildman–Crippen LogP) is -0.787. The van der Waals surface area contributed by atoms with Crippen molar-refractivity contribution in [3.05, 3.63) is 24.3 Å². The van der Waals surface area contributed by atoms with Gasteiger partial charge in [0.1, 0.15) is 0 Å². The van der Waals surface area contributed by atoms with Crippen LogP contribution in [0.1, 0.15) is 6.92 Å². The van der Waals surface area contributed by atoms with Crippen molar-refractivity contribution in [2.75, 3.05) is 31.5 Å². The zero-order valence-electron chi connectivity index (χ0n) is 10.8. The van der Waals surface area contributed by atoms with Crippen molar-refractivity contribution in [1.82, 2.24) is 4.31 Å². The molecule has 0 bridgehead atoms. The third-order valence-corrected chi connectivity index (χ3v) is 4.89. The Kier molecular flexibility index (Phi) is 4.18. The lowest BCUT2D eigenvalue weighted by Crippen LogP contribution is -2.89. The van der Waals surface area contributed by atoms with Crippen LogP contribution in [0.5, 0.6) is 0 Å². The molecule has 0 aliphatic carbocycles. The van der Waals surface area contributed by atoms with Gasteiger partial charge in [-0.1, -0.05) is 0 Å². The maximum absolute atomic E-state index is 12.3. The van der Waals surface area contributed by atoms with E-state index in [0.717, 1.165) is 13.1 Å². The van der Waals surface area contributed by atoms with Gasteiger partial charge >= 0.3 is 0 Å². The summed E-state index contributed by atoms with van der Waals surface area (Å²) in [5.74, 6) is -0.179. The van der Waals surface area contributed by atoms with Gasteiger partial charge in [0.25, 0.3) is 0 Å². The number of sulfonamides is 1. The van der Waals surface area contributed by atoms with Crippen LogP contribution >= 0.6 is 0 Å². The minimum atomic E-state index is -3.41. The van der Waals surface area contributed by atoms with Crippen LogP contribution in [-0.2, 0) is 14.8 Å². The number of piperazine rings is 1. The molecule has 1 aliphatic heterocycles. The quantitative estimate of drug-likeness (QED) is 0.763. The van der Waals surface area contributed by atoms with E-state index in [-0.39, 0.29) is 10.8 Å². The normalized spacial score (nSPS) is 17.1. The Morgan fingerprint density at radius 2 is 1.79 bits per heavy atom. The minimum Gasteiger partial charge on any atom is -0.344 e. The number of nitrogens with two attached hydrogens (primary N) is 1. The Balaban J connectivity index is 2.18. The molecule has 0 saturated carbocycles. The van der Waals surface area contributed by atoms with Crippen molar-refractivity contribution >= 4 is 21.6 Å². The molecule has 104 valence electrons. The van der Waals surface area contributed by atoms with E-state index in [1.807, 2.05) is 0 Å². The van der Waals surface area contributed by atoms with Gasteiger partial charge in [-0.05, 0) is 24.3 Å². The van der Waals surface area contributed by atoms with E-state index >= 15 is 0 Å². The standard InChI is InChI=1S/C12H17N3O3S/c1-10(16)14-11-2-4-12(5-3-11)19(17,18)15-8-6-13-7-9-15/h2-5,13H,6-9H2,1H3,(H,14,16)/p+1. The maximum atomic E-state index is 12.3. The third-order valence-electron chi connectivity index (χ3n) is 2.98. The Morgan fingerprint density at radius 1 is 1.21 bits per heavy atom. The lowest BCUT2D eigenvalue weighted by atomic mass is 10.3. The van der Waals surface area contributed by atoms with E-state index < -0.39 is 10.0 Å².